The number of carbonyl (C=O) groups is 1. The number of unbranched alkanes of at least 4 members (excludes halogenated alkanes) is 3. The van der Waals surface area contributed by atoms with Crippen LogP contribution in [0.15, 0.2) is 55.1 Å². The van der Waals surface area contributed by atoms with Gasteiger partial charge in [-0.1, -0.05) is 18.9 Å². The van der Waals surface area contributed by atoms with Gasteiger partial charge in [-0.25, -0.2) is 9.18 Å². The van der Waals surface area contributed by atoms with E-state index in [-0.39, 0.29) is 5.82 Å². The summed E-state index contributed by atoms with van der Waals surface area (Å²) in [7, 11) is 2.12. The second kappa shape index (κ2) is 12.2. The Hall–Kier alpha value is -2.86. The quantitative estimate of drug-likeness (QED) is 0.325. The molecule has 0 N–H and O–H groups in total. The minimum absolute atomic E-state index is 0.329. The molecule has 0 aliphatic carbocycles. The lowest BCUT2D eigenvalue weighted by Gasteiger charge is -2.29. The maximum absolute atomic E-state index is 13.1. The Morgan fingerprint density at radius 2 is 1.88 bits per heavy atom. The zero-order valence-corrected chi connectivity index (χ0v) is 18.9. The fraction of sp³-hybridized carbons (Fsp3) is 0.423. The standard InChI is InChI=1S/C26H33FN2O3/c1-3-16-28(2)17-6-4-5-7-19-31-24-14-15-25-21(20-24)9-8-18-29(25)26(30)32-23-12-10-22(27)11-13-23/h3,10-15,20H,1,4-9,16-19H2,2H3. The zero-order chi connectivity index (χ0) is 22.8. The van der Waals surface area contributed by atoms with E-state index in [9.17, 15) is 9.18 Å². The highest BCUT2D eigenvalue weighted by Crippen LogP contribution is 2.31. The average molecular weight is 441 g/mol. The number of ether oxygens (including phenoxy) is 2. The number of benzene rings is 2. The summed E-state index contributed by atoms with van der Waals surface area (Å²) in [6.45, 7) is 7.08. The highest BCUT2D eigenvalue weighted by atomic mass is 19.1. The van der Waals surface area contributed by atoms with Gasteiger partial charge in [-0.3, -0.25) is 4.90 Å². The number of aryl methyl sites for hydroxylation is 1. The molecule has 0 saturated carbocycles. The first-order valence-electron chi connectivity index (χ1n) is 11.4. The van der Waals surface area contributed by atoms with Crippen molar-refractivity contribution >= 4 is 11.8 Å². The monoisotopic (exact) mass is 440 g/mol. The summed E-state index contributed by atoms with van der Waals surface area (Å²) in [6.07, 6.45) is 7.78. The van der Waals surface area contributed by atoms with Crippen LogP contribution in [-0.4, -0.2) is 44.3 Å². The molecule has 0 saturated heterocycles. The predicted octanol–water partition coefficient (Wildman–Crippen LogP) is 5.83. The summed E-state index contributed by atoms with van der Waals surface area (Å²) in [6, 6.07) is 11.3. The van der Waals surface area contributed by atoms with E-state index in [1.165, 1.54) is 37.1 Å². The first-order chi connectivity index (χ1) is 15.6. The first-order valence-corrected chi connectivity index (χ1v) is 11.4. The number of anilines is 1. The lowest BCUT2D eigenvalue weighted by Crippen LogP contribution is -2.37. The number of rotatable bonds is 11. The molecule has 3 rings (SSSR count). The normalized spacial score (nSPS) is 13.0. The molecule has 1 amide bonds. The average Bonchev–Trinajstić information content (AvgIpc) is 2.79. The van der Waals surface area contributed by atoms with Crippen molar-refractivity contribution in [2.24, 2.45) is 0 Å². The molecule has 0 bridgehead atoms. The highest BCUT2D eigenvalue weighted by molar-refractivity contribution is 5.90. The van der Waals surface area contributed by atoms with Crippen LogP contribution in [0.3, 0.4) is 0 Å². The SMILES string of the molecule is C=CCN(C)CCCCCCOc1ccc2c(c1)CCCN2C(=O)Oc1ccc(F)cc1. The molecule has 32 heavy (non-hydrogen) atoms. The Morgan fingerprint density at radius 3 is 2.66 bits per heavy atom. The molecule has 0 radical (unpaired) electrons. The highest BCUT2D eigenvalue weighted by Gasteiger charge is 2.24. The fourth-order valence-electron chi connectivity index (χ4n) is 3.85. The van der Waals surface area contributed by atoms with E-state index < -0.39 is 6.09 Å². The fourth-order valence-corrected chi connectivity index (χ4v) is 3.85. The van der Waals surface area contributed by atoms with Crippen LogP contribution in [0.5, 0.6) is 11.5 Å². The minimum Gasteiger partial charge on any atom is -0.494 e. The van der Waals surface area contributed by atoms with Crippen LogP contribution in [0, 0.1) is 5.82 Å². The molecule has 1 aliphatic heterocycles. The molecule has 0 spiro atoms. The molecule has 0 fully saturated rings. The molecule has 5 nitrogen and oxygen atoms in total. The van der Waals surface area contributed by atoms with Crippen LogP contribution >= 0.6 is 0 Å². The Labute approximate surface area is 190 Å². The number of carbonyl (C=O) groups excluding carboxylic acids is 1. The molecule has 1 aliphatic rings. The largest absolute Gasteiger partial charge is 0.494 e. The number of nitrogens with zero attached hydrogens (tertiary/aromatic N) is 2. The van der Waals surface area contributed by atoms with Crippen LogP contribution < -0.4 is 14.4 Å². The number of fused-ring (bicyclic) bond motifs is 1. The summed E-state index contributed by atoms with van der Waals surface area (Å²) < 4.78 is 24.4. The number of likely N-dealkylation sites (N-methyl/N-ethyl adjacent to an activating group) is 1. The summed E-state index contributed by atoms with van der Waals surface area (Å²) in [5.41, 5.74) is 1.93. The second-order valence-corrected chi connectivity index (χ2v) is 8.18. The van der Waals surface area contributed by atoms with E-state index in [0.717, 1.165) is 55.8 Å². The van der Waals surface area contributed by atoms with Crippen LogP contribution in [0.25, 0.3) is 0 Å². The molecule has 0 aromatic heterocycles. The Morgan fingerprint density at radius 1 is 1.12 bits per heavy atom. The van der Waals surface area contributed by atoms with E-state index in [4.69, 9.17) is 9.47 Å². The van der Waals surface area contributed by atoms with Gasteiger partial charge in [-0.2, -0.15) is 0 Å². The van der Waals surface area contributed by atoms with Crippen molar-refractivity contribution in [3.63, 3.8) is 0 Å². The van der Waals surface area contributed by atoms with Crippen molar-refractivity contribution in [3.05, 3.63) is 66.5 Å². The Balaban J connectivity index is 1.45. The number of hydrogen-bond acceptors (Lipinski definition) is 4. The van der Waals surface area contributed by atoms with Gasteiger partial charge in [0.1, 0.15) is 17.3 Å². The molecule has 2 aromatic rings. The molecule has 0 atom stereocenters. The molecule has 172 valence electrons. The minimum atomic E-state index is -0.454. The maximum Gasteiger partial charge on any atom is 0.419 e. The van der Waals surface area contributed by atoms with Gasteiger partial charge in [0.05, 0.1) is 12.3 Å². The third-order valence-corrected chi connectivity index (χ3v) is 5.55. The van der Waals surface area contributed by atoms with Gasteiger partial charge in [0, 0.05) is 13.1 Å². The molecule has 0 unspecified atom stereocenters. The number of amides is 1. The summed E-state index contributed by atoms with van der Waals surface area (Å²) >= 11 is 0. The summed E-state index contributed by atoms with van der Waals surface area (Å²) in [5.74, 6) is 0.802. The van der Waals surface area contributed by atoms with E-state index in [2.05, 4.69) is 18.5 Å². The van der Waals surface area contributed by atoms with E-state index in [1.54, 1.807) is 4.90 Å². The van der Waals surface area contributed by atoms with Crippen LogP contribution in [0.2, 0.25) is 0 Å². The van der Waals surface area contributed by atoms with Gasteiger partial charge < -0.3 is 14.4 Å². The second-order valence-electron chi connectivity index (χ2n) is 8.18. The van der Waals surface area contributed by atoms with E-state index in [1.807, 2.05) is 24.3 Å². The third kappa shape index (κ3) is 7.09. The zero-order valence-electron chi connectivity index (χ0n) is 18.9. The molecule has 1 heterocycles. The lowest BCUT2D eigenvalue weighted by molar-refractivity contribution is 0.207. The Kier molecular flexibility index (Phi) is 9.11. The smallest absolute Gasteiger partial charge is 0.419 e. The van der Waals surface area contributed by atoms with Gasteiger partial charge in [-0.05, 0) is 87.3 Å². The van der Waals surface area contributed by atoms with Gasteiger partial charge in [0.25, 0.3) is 0 Å². The topological polar surface area (TPSA) is 42.0 Å². The predicted molar refractivity (Wildman–Crippen MR) is 126 cm³/mol. The Bertz CT molecular complexity index is 885. The summed E-state index contributed by atoms with van der Waals surface area (Å²) in [5, 5.41) is 0. The van der Waals surface area contributed by atoms with Gasteiger partial charge >= 0.3 is 6.09 Å². The molecular weight excluding hydrogens is 407 g/mol. The third-order valence-electron chi connectivity index (χ3n) is 5.55. The van der Waals surface area contributed by atoms with Crippen molar-refractivity contribution in [2.45, 2.75) is 38.5 Å². The van der Waals surface area contributed by atoms with Crippen molar-refractivity contribution in [1.29, 1.82) is 0 Å². The number of hydrogen-bond donors (Lipinski definition) is 0. The van der Waals surface area contributed by atoms with Gasteiger partial charge in [0.2, 0.25) is 0 Å². The van der Waals surface area contributed by atoms with Gasteiger partial charge in [-0.15, -0.1) is 6.58 Å². The lowest BCUT2D eigenvalue weighted by atomic mass is 10.0. The van der Waals surface area contributed by atoms with Gasteiger partial charge in [0.15, 0.2) is 0 Å². The van der Waals surface area contributed by atoms with Crippen molar-refractivity contribution < 1.29 is 18.7 Å². The molecule has 6 heteroatoms. The first kappa shape index (κ1) is 23.8. The number of halogens is 1. The van der Waals surface area contributed by atoms with E-state index in [0.29, 0.717) is 18.9 Å². The molecular formula is C26H33FN2O3. The van der Waals surface area contributed by atoms with Crippen LogP contribution in [-0.2, 0) is 6.42 Å². The van der Waals surface area contributed by atoms with Crippen LogP contribution in [0.4, 0.5) is 14.9 Å². The van der Waals surface area contributed by atoms with Crippen molar-refractivity contribution in [2.75, 3.05) is 38.2 Å². The van der Waals surface area contributed by atoms with Crippen molar-refractivity contribution in [3.8, 4) is 11.5 Å². The molecule has 2 aromatic carbocycles. The van der Waals surface area contributed by atoms with Crippen molar-refractivity contribution in [1.82, 2.24) is 4.90 Å². The van der Waals surface area contributed by atoms with Crippen LogP contribution in [0.1, 0.15) is 37.7 Å². The maximum atomic E-state index is 13.1. The van der Waals surface area contributed by atoms with E-state index >= 15 is 0 Å². The summed E-state index contributed by atoms with van der Waals surface area (Å²) in [4.78, 5) is 16.6.